The lowest BCUT2D eigenvalue weighted by atomic mass is 10.00. The number of rotatable bonds is 9. The number of nitriles is 1. The highest BCUT2D eigenvalue weighted by Crippen LogP contribution is 2.34. The molecule has 0 aliphatic carbocycles. The van der Waals surface area contributed by atoms with Crippen molar-refractivity contribution in [1.82, 2.24) is 0 Å². The monoisotopic (exact) mass is 283 g/mol. The van der Waals surface area contributed by atoms with Gasteiger partial charge < -0.3 is 4.74 Å². The van der Waals surface area contributed by atoms with Crippen molar-refractivity contribution in [1.29, 1.82) is 5.26 Å². The van der Waals surface area contributed by atoms with Gasteiger partial charge in [-0.1, -0.05) is 18.6 Å². The van der Waals surface area contributed by atoms with Gasteiger partial charge in [0.15, 0.2) is 0 Å². The average Bonchev–Trinajstić information content (AvgIpc) is 2.38. The van der Waals surface area contributed by atoms with Gasteiger partial charge in [-0.2, -0.15) is 17.0 Å². The predicted octanol–water partition coefficient (Wildman–Crippen LogP) is 4.09. The maximum Gasteiger partial charge on any atom is 0.306 e. The van der Waals surface area contributed by atoms with Crippen LogP contribution in [0.15, 0.2) is 11.6 Å². The summed E-state index contributed by atoms with van der Waals surface area (Å²) in [6.45, 7) is 6.38. The molecule has 4 heteroatoms. The number of carbonyl (C=O) groups is 1. The molecule has 0 fully saturated rings. The minimum atomic E-state index is -0.187. The fourth-order valence-electron chi connectivity index (χ4n) is 1.63. The van der Waals surface area contributed by atoms with Crippen molar-refractivity contribution in [2.75, 3.05) is 12.9 Å². The van der Waals surface area contributed by atoms with Crippen LogP contribution < -0.4 is 0 Å². The van der Waals surface area contributed by atoms with Crippen LogP contribution in [0.25, 0.3) is 0 Å². The van der Waals surface area contributed by atoms with Gasteiger partial charge in [0.1, 0.15) is 0 Å². The molecule has 3 nitrogen and oxygen atoms in total. The van der Waals surface area contributed by atoms with E-state index in [2.05, 4.69) is 37.7 Å². The molecular weight excluding hydrogens is 258 g/mol. The molecule has 108 valence electrons. The van der Waals surface area contributed by atoms with Gasteiger partial charge in [0.25, 0.3) is 0 Å². The lowest BCUT2D eigenvalue weighted by molar-refractivity contribution is -0.140. The number of nitrogens with zero attached hydrogens (tertiary/aromatic N) is 1. The SMILES string of the molecule is CC/C(C)=C/CCC(C)(CC#N)SCCC(=O)OC. The van der Waals surface area contributed by atoms with Crippen LogP contribution in [0.5, 0.6) is 0 Å². The van der Waals surface area contributed by atoms with Crippen LogP contribution >= 0.6 is 11.8 Å². The zero-order valence-corrected chi connectivity index (χ0v) is 13.3. The molecule has 0 saturated carbocycles. The lowest BCUT2D eigenvalue weighted by Gasteiger charge is -2.25. The molecular formula is C15H25NO2S. The number of hydrogen-bond donors (Lipinski definition) is 0. The zero-order valence-electron chi connectivity index (χ0n) is 12.5. The minimum absolute atomic E-state index is 0.0761. The van der Waals surface area contributed by atoms with Crippen molar-refractivity contribution in [3.63, 3.8) is 0 Å². The topological polar surface area (TPSA) is 50.1 Å². The molecule has 0 aliphatic rings. The van der Waals surface area contributed by atoms with Crippen LogP contribution in [0.2, 0.25) is 0 Å². The molecule has 0 N–H and O–H groups in total. The number of hydrogen-bond acceptors (Lipinski definition) is 4. The molecule has 19 heavy (non-hydrogen) atoms. The minimum Gasteiger partial charge on any atom is -0.469 e. The van der Waals surface area contributed by atoms with E-state index in [0.29, 0.717) is 18.6 Å². The summed E-state index contributed by atoms with van der Waals surface area (Å²) < 4.78 is 4.55. The zero-order chi connectivity index (χ0) is 14.7. The number of ether oxygens (including phenoxy) is 1. The van der Waals surface area contributed by atoms with E-state index in [-0.39, 0.29) is 10.7 Å². The van der Waals surface area contributed by atoms with Crippen LogP contribution in [0.3, 0.4) is 0 Å². The van der Waals surface area contributed by atoms with Gasteiger partial charge in [-0.15, -0.1) is 0 Å². The van der Waals surface area contributed by atoms with Crippen LogP contribution in [0.1, 0.15) is 52.9 Å². The molecule has 1 atom stereocenters. The second-order valence-corrected chi connectivity index (χ2v) is 6.58. The van der Waals surface area contributed by atoms with Crippen molar-refractivity contribution >= 4 is 17.7 Å². The van der Waals surface area contributed by atoms with Crippen LogP contribution in [-0.2, 0) is 9.53 Å². The smallest absolute Gasteiger partial charge is 0.306 e. The summed E-state index contributed by atoms with van der Waals surface area (Å²) in [4.78, 5) is 11.1. The summed E-state index contributed by atoms with van der Waals surface area (Å²) in [5.41, 5.74) is 1.39. The Morgan fingerprint density at radius 3 is 2.74 bits per heavy atom. The first-order chi connectivity index (χ1) is 8.97. The molecule has 0 aromatic heterocycles. The van der Waals surface area contributed by atoms with Crippen LogP contribution in [0.4, 0.5) is 0 Å². The quantitative estimate of drug-likeness (QED) is 0.472. The molecule has 0 aromatic carbocycles. The highest BCUT2D eigenvalue weighted by molar-refractivity contribution is 8.00. The maximum atomic E-state index is 11.1. The molecule has 0 heterocycles. The Bertz CT molecular complexity index is 347. The van der Waals surface area contributed by atoms with Crippen molar-refractivity contribution in [3.05, 3.63) is 11.6 Å². The first-order valence-corrected chi connectivity index (χ1v) is 7.69. The van der Waals surface area contributed by atoms with E-state index in [1.807, 2.05) is 0 Å². The van der Waals surface area contributed by atoms with E-state index in [4.69, 9.17) is 5.26 Å². The van der Waals surface area contributed by atoms with E-state index in [9.17, 15) is 4.79 Å². The summed E-state index contributed by atoms with van der Waals surface area (Å²) in [6, 6.07) is 2.25. The Hall–Kier alpha value is -0.950. The van der Waals surface area contributed by atoms with Gasteiger partial charge >= 0.3 is 5.97 Å². The molecule has 0 aliphatic heterocycles. The highest BCUT2D eigenvalue weighted by Gasteiger charge is 2.24. The van der Waals surface area contributed by atoms with Crippen LogP contribution in [-0.4, -0.2) is 23.6 Å². The molecule has 0 rings (SSSR count). The average molecular weight is 283 g/mol. The Labute approximate surface area is 121 Å². The van der Waals surface area contributed by atoms with Gasteiger partial charge in [-0.05, 0) is 33.1 Å². The number of methoxy groups -OCH3 is 1. The van der Waals surface area contributed by atoms with Crippen molar-refractivity contribution < 1.29 is 9.53 Å². The lowest BCUT2D eigenvalue weighted by Crippen LogP contribution is -2.20. The highest BCUT2D eigenvalue weighted by atomic mass is 32.2. The summed E-state index contributed by atoms with van der Waals surface area (Å²) in [7, 11) is 1.40. The Balaban J connectivity index is 4.26. The Morgan fingerprint density at radius 1 is 1.53 bits per heavy atom. The van der Waals surface area contributed by atoms with E-state index in [1.165, 1.54) is 12.7 Å². The van der Waals surface area contributed by atoms with Crippen molar-refractivity contribution in [3.8, 4) is 6.07 Å². The maximum absolute atomic E-state index is 11.1. The third kappa shape index (κ3) is 8.72. The number of esters is 1. The third-order valence-electron chi connectivity index (χ3n) is 3.16. The predicted molar refractivity (Wildman–Crippen MR) is 81.0 cm³/mol. The molecule has 0 saturated heterocycles. The normalized spacial score (nSPS) is 14.6. The van der Waals surface area contributed by atoms with E-state index < -0.39 is 0 Å². The Kier molecular flexibility index (Phi) is 9.42. The van der Waals surface area contributed by atoms with Crippen molar-refractivity contribution in [2.45, 2.75) is 57.6 Å². The third-order valence-corrected chi connectivity index (χ3v) is 4.61. The standard InChI is InChI=1S/C15H25NO2S/c1-5-13(2)7-6-9-15(3,10-11-16)19-12-8-14(17)18-4/h7H,5-6,8-10,12H2,1-4H3/b13-7+. The molecule has 0 aromatic rings. The summed E-state index contributed by atoms with van der Waals surface area (Å²) in [5, 5.41) is 8.94. The second-order valence-electron chi connectivity index (χ2n) is 4.90. The van der Waals surface area contributed by atoms with Gasteiger partial charge in [-0.25, -0.2) is 0 Å². The fraction of sp³-hybridized carbons (Fsp3) is 0.733. The van der Waals surface area contributed by atoms with E-state index in [0.717, 1.165) is 19.3 Å². The molecule has 0 amide bonds. The van der Waals surface area contributed by atoms with Gasteiger partial charge in [-0.3, -0.25) is 4.79 Å². The van der Waals surface area contributed by atoms with Gasteiger partial charge in [0, 0.05) is 16.9 Å². The van der Waals surface area contributed by atoms with Gasteiger partial charge in [0.2, 0.25) is 0 Å². The first kappa shape index (κ1) is 18.0. The fourth-order valence-corrected chi connectivity index (χ4v) is 2.82. The molecule has 0 bridgehead atoms. The second kappa shape index (κ2) is 9.91. The van der Waals surface area contributed by atoms with Gasteiger partial charge in [0.05, 0.1) is 19.6 Å². The Morgan fingerprint density at radius 2 is 2.21 bits per heavy atom. The van der Waals surface area contributed by atoms with Crippen LogP contribution in [0, 0.1) is 11.3 Å². The number of carbonyl (C=O) groups excluding carboxylic acids is 1. The summed E-state index contributed by atoms with van der Waals surface area (Å²) in [5.74, 6) is 0.523. The van der Waals surface area contributed by atoms with E-state index >= 15 is 0 Å². The summed E-state index contributed by atoms with van der Waals surface area (Å²) in [6.07, 6.45) is 6.19. The van der Waals surface area contributed by atoms with Crippen molar-refractivity contribution in [2.24, 2.45) is 0 Å². The molecule has 0 spiro atoms. The largest absolute Gasteiger partial charge is 0.469 e. The number of allylic oxidation sites excluding steroid dienone is 2. The summed E-state index contributed by atoms with van der Waals surface area (Å²) >= 11 is 1.70. The molecule has 1 unspecified atom stereocenters. The van der Waals surface area contributed by atoms with E-state index in [1.54, 1.807) is 11.8 Å². The first-order valence-electron chi connectivity index (χ1n) is 6.70. The molecule has 0 radical (unpaired) electrons. The number of thioether (sulfide) groups is 1.